The first kappa shape index (κ1) is 23.8. The average molecular weight is 541 g/mol. The normalized spacial score (nSPS) is 14.4. The van der Waals surface area contributed by atoms with Crippen LogP contribution in [0.15, 0.2) is 89.7 Å². The summed E-state index contributed by atoms with van der Waals surface area (Å²) in [6.45, 7) is 2.13. The molecule has 162 valence electrons. The van der Waals surface area contributed by atoms with Crippen LogP contribution in [0, 0.1) is 0 Å². The summed E-state index contributed by atoms with van der Waals surface area (Å²) in [6, 6.07) is 28.9. The van der Waals surface area contributed by atoms with Crippen molar-refractivity contribution in [2.75, 3.05) is 7.11 Å². The summed E-state index contributed by atoms with van der Waals surface area (Å²) in [6.07, 6.45) is -0.552. The Bertz CT molecular complexity index is 1080. The van der Waals surface area contributed by atoms with E-state index in [4.69, 9.17) is 9.48 Å². The summed E-state index contributed by atoms with van der Waals surface area (Å²) in [5.41, 5.74) is 1.15. The van der Waals surface area contributed by atoms with Gasteiger partial charge in [0, 0.05) is 0 Å². The number of amides is 1. The van der Waals surface area contributed by atoms with Gasteiger partial charge in [0.05, 0.1) is 0 Å². The van der Waals surface area contributed by atoms with E-state index in [-0.39, 0.29) is 6.04 Å². The van der Waals surface area contributed by atoms with Gasteiger partial charge < -0.3 is 0 Å². The molecule has 0 radical (unpaired) electrons. The minimum atomic E-state index is -2.68. The third-order valence-corrected chi connectivity index (χ3v) is 15.1. The topological polar surface area (TPSA) is 50.7 Å². The quantitative estimate of drug-likeness (QED) is 0.336. The Hall–Kier alpha value is -1.88. The van der Waals surface area contributed by atoms with Gasteiger partial charge in [0.1, 0.15) is 0 Å². The average Bonchev–Trinajstić information content (AvgIpc) is 2.79. The fourth-order valence-electron chi connectivity index (χ4n) is 3.72. The van der Waals surface area contributed by atoms with Crippen LogP contribution in [0.25, 0.3) is 0 Å². The van der Waals surface area contributed by atoms with E-state index in [1.807, 2.05) is 36.4 Å². The number of carbonyl (C=O) groups is 1. The maximum absolute atomic E-state index is 12.7. The Morgan fingerprint density at radius 1 is 0.903 bits per heavy atom. The second-order valence-electron chi connectivity index (χ2n) is 8.57. The van der Waals surface area contributed by atoms with Crippen LogP contribution < -0.4 is 19.3 Å². The van der Waals surface area contributed by atoms with Crippen molar-refractivity contribution in [2.24, 2.45) is 4.74 Å². The minimum absolute atomic E-state index is 0.00799. The molecule has 1 amide bonds. The molecule has 0 aromatic heterocycles. The summed E-state index contributed by atoms with van der Waals surface area (Å²) >= 11 is -2.56. The van der Waals surface area contributed by atoms with Gasteiger partial charge in [0.25, 0.3) is 0 Å². The fourth-order valence-corrected chi connectivity index (χ4v) is 14.7. The standard InChI is InChI=1S/C22H22N2O2P.3CH3.Sn/c1-18(19-12-6-3-7-13-19)23-27(24-22(25)26-2,20-14-8-4-9-15-20)21-16-10-5-11-17-21;;;;/h3-16,18,23H,1-2H3;3*1H3;/t18-,27-;;;;/m1..../s1. The van der Waals surface area contributed by atoms with Crippen LogP contribution in [0.2, 0.25) is 14.8 Å². The summed E-state index contributed by atoms with van der Waals surface area (Å²) in [7, 11) is -1.29. The second-order valence-corrected chi connectivity index (χ2v) is 25.7. The number of carbonyl (C=O) groups excluding carboxylic acids is 1. The zero-order chi connectivity index (χ0) is 22.5. The van der Waals surface area contributed by atoms with Crippen LogP contribution in [0.3, 0.4) is 0 Å². The van der Waals surface area contributed by atoms with Gasteiger partial charge >= 0.3 is 191 Å². The Morgan fingerprint density at radius 3 is 2.03 bits per heavy atom. The van der Waals surface area contributed by atoms with Gasteiger partial charge in [-0.25, -0.2) is 0 Å². The SMILES string of the molecule is COC(=O)N=[P@](N[C@H](C)c1ccccc1)(c1ccccc1)c1cccc[c]1[Sn]([CH3])([CH3])[CH3]. The molecule has 6 heteroatoms. The van der Waals surface area contributed by atoms with E-state index >= 15 is 0 Å². The second kappa shape index (κ2) is 10.2. The number of nitrogens with one attached hydrogen (secondary N) is 1. The van der Waals surface area contributed by atoms with E-state index in [1.54, 1.807) is 0 Å². The number of hydrogen-bond donors (Lipinski definition) is 1. The summed E-state index contributed by atoms with van der Waals surface area (Å²) < 4.78 is 11.2. The molecular formula is C25H31N2O2PSn. The van der Waals surface area contributed by atoms with Crippen molar-refractivity contribution in [3.05, 3.63) is 90.5 Å². The zero-order valence-electron chi connectivity index (χ0n) is 18.9. The summed E-state index contributed by atoms with van der Waals surface area (Å²) in [5.74, 6) is 0. The van der Waals surface area contributed by atoms with Crippen molar-refractivity contribution in [2.45, 2.75) is 27.8 Å². The molecule has 0 fully saturated rings. The molecule has 31 heavy (non-hydrogen) atoms. The third-order valence-electron chi connectivity index (χ3n) is 5.28. The molecule has 0 bridgehead atoms. The Morgan fingerprint density at radius 2 is 1.45 bits per heavy atom. The van der Waals surface area contributed by atoms with E-state index < -0.39 is 31.7 Å². The Balaban J connectivity index is 2.35. The van der Waals surface area contributed by atoms with E-state index in [9.17, 15) is 4.79 Å². The van der Waals surface area contributed by atoms with Gasteiger partial charge in [-0.05, 0) is 0 Å². The van der Waals surface area contributed by atoms with Crippen molar-refractivity contribution in [3.8, 4) is 0 Å². The fraction of sp³-hybridized carbons (Fsp3) is 0.240. The molecule has 3 aromatic rings. The predicted molar refractivity (Wildman–Crippen MR) is 135 cm³/mol. The monoisotopic (exact) mass is 542 g/mol. The molecule has 0 aliphatic heterocycles. The van der Waals surface area contributed by atoms with E-state index in [0.717, 1.165) is 16.2 Å². The molecule has 3 aromatic carbocycles. The number of benzene rings is 3. The Labute approximate surface area is 190 Å². The van der Waals surface area contributed by atoms with Crippen LogP contribution >= 0.6 is 7.21 Å². The van der Waals surface area contributed by atoms with Gasteiger partial charge in [-0.1, -0.05) is 0 Å². The molecule has 2 atom stereocenters. The first-order valence-corrected chi connectivity index (χ1v) is 22.2. The summed E-state index contributed by atoms with van der Waals surface area (Å²) in [4.78, 5) is 19.9. The van der Waals surface area contributed by atoms with E-state index in [0.29, 0.717) is 0 Å². The van der Waals surface area contributed by atoms with Crippen LogP contribution in [0.4, 0.5) is 4.79 Å². The first-order valence-electron chi connectivity index (χ1n) is 10.5. The van der Waals surface area contributed by atoms with Gasteiger partial charge in [-0.15, -0.1) is 0 Å². The van der Waals surface area contributed by atoms with Crippen molar-refractivity contribution in [1.82, 2.24) is 5.09 Å². The van der Waals surface area contributed by atoms with Gasteiger partial charge in [-0.2, -0.15) is 0 Å². The molecule has 0 spiro atoms. The van der Waals surface area contributed by atoms with E-state index in [2.05, 4.69) is 75.4 Å². The molecule has 3 rings (SSSR count). The zero-order valence-corrected chi connectivity index (χ0v) is 22.6. The molecule has 4 nitrogen and oxygen atoms in total. The van der Waals surface area contributed by atoms with Gasteiger partial charge in [-0.3, -0.25) is 0 Å². The molecular weight excluding hydrogens is 510 g/mol. The van der Waals surface area contributed by atoms with Crippen molar-refractivity contribution >= 4 is 45.9 Å². The van der Waals surface area contributed by atoms with Crippen LogP contribution in [0.5, 0.6) is 0 Å². The molecule has 1 N–H and O–H groups in total. The number of methoxy groups -OCH3 is 1. The predicted octanol–water partition coefficient (Wildman–Crippen LogP) is 5.42. The van der Waals surface area contributed by atoms with E-state index in [1.165, 1.54) is 10.7 Å². The van der Waals surface area contributed by atoms with Crippen LogP contribution in [-0.4, -0.2) is 31.6 Å². The van der Waals surface area contributed by atoms with Crippen molar-refractivity contribution < 1.29 is 9.53 Å². The molecule has 0 aliphatic carbocycles. The number of rotatable bonds is 6. The Kier molecular flexibility index (Phi) is 7.79. The van der Waals surface area contributed by atoms with Gasteiger partial charge in [0.2, 0.25) is 0 Å². The maximum atomic E-state index is 12.7. The number of ether oxygens (including phenoxy) is 1. The number of nitrogens with zero attached hydrogens (tertiary/aromatic N) is 1. The van der Waals surface area contributed by atoms with Gasteiger partial charge in [0.15, 0.2) is 0 Å². The van der Waals surface area contributed by atoms with Crippen molar-refractivity contribution in [1.29, 1.82) is 0 Å². The molecule has 0 saturated heterocycles. The third kappa shape index (κ3) is 5.49. The van der Waals surface area contributed by atoms with Crippen LogP contribution in [-0.2, 0) is 4.74 Å². The molecule has 0 heterocycles. The number of hydrogen-bond acceptors (Lipinski definition) is 2. The summed E-state index contributed by atoms with van der Waals surface area (Å²) in [5, 5.41) is 5.99. The first-order chi connectivity index (χ1) is 14.8. The molecule has 0 unspecified atom stereocenters. The van der Waals surface area contributed by atoms with Crippen LogP contribution in [0.1, 0.15) is 18.5 Å². The molecule has 0 aliphatic rings. The molecule has 0 saturated carbocycles. The van der Waals surface area contributed by atoms with Crippen molar-refractivity contribution in [3.63, 3.8) is 0 Å².